The summed E-state index contributed by atoms with van der Waals surface area (Å²) in [4.78, 5) is 28.8. The van der Waals surface area contributed by atoms with Crippen LogP contribution in [-0.2, 0) is 11.3 Å². The molecule has 0 saturated carbocycles. The highest BCUT2D eigenvalue weighted by molar-refractivity contribution is 6.30. The van der Waals surface area contributed by atoms with Gasteiger partial charge in [-0.25, -0.2) is 0 Å². The van der Waals surface area contributed by atoms with Crippen LogP contribution in [0.1, 0.15) is 23.9 Å². The average molecular weight is 378 g/mol. The van der Waals surface area contributed by atoms with Crippen LogP contribution in [0, 0.1) is 17.0 Å². The maximum atomic E-state index is 12.8. The number of nitrogens with zero attached hydrogens (tertiary/aromatic N) is 4. The molecule has 0 radical (unpaired) electrons. The molecule has 138 valence electrons. The van der Waals surface area contributed by atoms with Gasteiger partial charge in [0.2, 0.25) is 11.7 Å². The number of carbonyl (C=O) groups excluding carboxylic acids is 1. The van der Waals surface area contributed by atoms with E-state index in [1.807, 2.05) is 29.2 Å². The first-order chi connectivity index (χ1) is 12.5. The quantitative estimate of drug-likeness (QED) is 0.637. The summed E-state index contributed by atoms with van der Waals surface area (Å²) in [5.41, 5.74) is 0.993. The minimum atomic E-state index is -0.531. The van der Waals surface area contributed by atoms with Gasteiger partial charge in [-0.2, -0.15) is 0 Å². The van der Waals surface area contributed by atoms with Gasteiger partial charge in [-0.15, -0.1) is 0 Å². The third-order valence-corrected chi connectivity index (χ3v) is 4.75. The van der Waals surface area contributed by atoms with Crippen LogP contribution in [-0.4, -0.2) is 44.9 Å². The van der Waals surface area contributed by atoms with Gasteiger partial charge in [0.1, 0.15) is 6.20 Å². The van der Waals surface area contributed by atoms with Crippen LogP contribution in [0.4, 0.5) is 5.82 Å². The Balaban J connectivity index is 1.70. The highest BCUT2D eigenvalue weighted by Gasteiger charge is 2.28. The van der Waals surface area contributed by atoms with Gasteiger partial charge in [-0.3, -0.25) is 4.79 Å². The van der Waals surface area contributed by atoms with Crippen molar-refractivity contribution in [2.75, 3.05) is 19.6 Å². The number of aryl methyl sites for hydroxylation is 2. The topological polar surface area (TPSA) is 93.3 Å². The van der Waals surface area contributed by atoms with E-state index in [4.69, 9.17) is 11.6 Å². The van der Waals surface area contributed by atoms with E-state index < -0.39 is 4.92 Å². The van der Waals surface area contributed by atoms with E-state index in [9.17, 15) is 14.9 Å². The zero-order valence-corrected chi connectivity index (χ0v) is 15.1. The molecule has 1 atom stereocenters. The number of hydrogen-bond acceptors (Lipinski definition) is 5. The molecule has 0 spiro atoms. The van der Waals surface area contributed by atoms with Gasteiger partial charge < -0.3 is 24.9 Å². The third-order valence-electron chi connectivity index (χ3n) is 4.51. The Morgan fingerprint density at radius 1 is 1.50 bits per heavy atom. The number of halogens is 1. The lowest BCUT2D eigenvalue weighted by Gasteiger charge is -2.36. The summed E-state index contributed by atoms with van der Waals surface area (Å²) in [5, 5.41) is 14.8. The van der Waals surface area contributed by atoms with Crippen LogP contribution in [0.2, 0.25) is 5.02 Å². The highest BCUT2D eigenvalue weighted by Crippen LogP contribution is 2.25. The number of benzene rings is 1. The van der Waals surface area contributed by atoms with Crippen LogP contribution in [0.5, 0.6) is 0 Å². The Labute approximate surface area is 155 Å². The number of aromatic nitrogens is 2. The Morgan fingerprint density at radius 3 is 3.00 bits per heavy atom. The smallest absolute Gasteiger partial charge is 0.358 e. The molecule has 1 unspecified atom stereocenters. The fourth-order valence-electron chi connectivity index (χ4n) is 3.18. The van der Waals surface area contributed by atoms with Crippen molar-refractivity contribution in [1.29, 1.82) is 0 Å². The van der Waals surface area contributed by atoms with E-state index in [0.29, 0.717) is 30.5 Å². The number of imidazole rings is 1. The number of nitrogens with one attached hydrogen (secondary N) is 1. The minimum Gasteiger partial charge on any atom is -0.358 e. The molecule has 1 fully saturated rings. The molecule has 1 aliphatic rings. The van der Waals surface area contributed by atoms with E-state index in [1.165, 1.54) is 6.20 Å². The van der Waals surface area contributed by atoms with Crippen LogP contribution in [0.15, 0.2) is 30.5 Å². The molecule has 1 N–H and O–H groups in total. The molecular weight excluding hydrogens is 358 g/mol. The van der Waals surface area contributed by atoms with Gasteiger partial charge in [-0.1, -0.05) is 23.7 Å². The number of nitro groups is 1. The highest BCUT2D eigenvalue weighted by atomic mass is 35.5. The second-order valence-electron chi connectivity index (χ2n) is 6.21. The molecule has 1 aromatic carbocycles. The summed E-state index contributed by atoms with van der Waals surface area (Å²) in [6, 6.07) is 7.45. The summed E-state index contributed by atoms with van der Waals surface area (Å²) >= 11 is 6.09. The lowest BCUT2D eigenvalue weighted by molar-refractivity contribution is -0.389. The van der Waals surface area contributed by atoms with E-state index in [2.05, 4.69) is 10.3 Å². The SMILES string of the molecule is Cc1nc([N+](=O)[O-])cn1CCC(=O)N1CCNCC1c1cccc(Cl)c1. The lowest BCUT2D eigenvalue weighted by atomic mass is 10.0. The summed E-state index contributed by atoms with van der Waals surface area (Å²) in [6.45, 7) is 4.06. The predicted octanol–water partition coefficient (Wildman–Crippen LogP) is 2.32. The molecule has 0 bridgehead atoms. The molecule has 1 aromatic heterocycles. The van der Waals surface area contributed by atoms with Crippen molar-refractivity contribution in [3.05, 3.63) is 57.0 Å². The largest absolute Gasteiger partial charge is 0.381 e. The molecule has 2 heterocycles. The Hall–Kier alpha value is -2.45. The first kappa shape index (κ1) is 18.3. The van der Waals surface area contributed by atoms with Gasteiger partial charge in [0.25, 0.3) is 0 Å². The van der Waals surface area contributed by atoms with Crippen molar-refractivity contribution < 1.29 is 9.72 Å². The van der Waals surface area contributed by atoms with Crippen LogP contribution >= 0.6 is 11.6 Å². The standard InChI is InChI=1S/C17H20ClN5O3/c1-12-20-16(23(25)26)11-21(12)7-5-17(24)22-8-6-19-10-15(22)13-3-2-4-14(18)9-13/h2-4,9,11,15,19H,5-8,10H2,1H3. The molecule has 1 amide bonds. The van der Waals surface area contributed by atoms with Crippen LogP contribution in [0.3, 0.4) is 0 Å². The van der Waals surface area contributed by atoms with E-state index >= 15 is 0 Å². The number of amides is 1. The Morgan fingerprint density at radius 2 is 2.31 bits per heavy atom. The number of rotatable bonds is 5. The zero-order chi connectivity index (χ0) is 18.7. The first-order valence-corrected chi connectivity index (χ1v) is 8.77. The predicted molar refractivity (Wildman–Crippen MR) is 97.0 cm³/mol. The molecule has 1 aliphatic heterocycles. The molecule has 8 nitrogen and oxygen atoms in total. The minimum absolute atomic E-state index is 0.00669. The maximum Gasteiger partial charge on any atom is 0.381 e. The normalized spacial score (nSPS) is 17.3. The van der Waals surface area contributed by atoms with Crippen molar-refractivity contribution in [2.45, 2.75) is 25.9 Å². The van der Waals surface area contributed by atoms with Crippen molar-refractivity contribution >= 4 is 23.3 Å². The summed E-state index contributed by atoms with van der Waals surface area (Å²) < 4.78 is 1.65. The van der Waals surface area contributed by atoms with Crippen molar-refractivity contribution in [1.82, 2.24) is 19.8 Å². The van der Waals surface area contributed by atoms with Crippen molar-refractivity contribution in [3.8, 4) is 0 Å². The van der Waals surface area contributed by atoms with Gasteiger partial charge in [0.15, 0.2) is 0 Å². The molecular formula is C17H20ClN5O3. The molecule has 26 heavy (non-hydrogen) atoms. The monoisotopic (exact) mass is 377 g/mol. The molecule has 9 heteroatoms. The summed E-state index contributed by atoms with van der Waals surface area (Å²) in [5.74, 6) is 0.331. The van der Waals surface area contributed by atoms with Crippen molar-refractivity contribution in [2.24, 2.45) is 0 Å². The van der Waals surface area contributed by atoms with Crippen LogP contribution < -0.4 is 5.32 Å². The second kappa shape index (κ2) is 7.84. The van der Waals surface area contributed by atoms with Gasteiger partial charge in [-0.05, 0) is 27.6 Å². The summed E-state index contributed by atoms with van der Waals surface area (Å²) in [7, 11) is 0. The number of hydrogen-bond donors (Lipinski definition) is 1. The van der Waals surface area contributed by atoms with Gasteiger partial charge in [0.05, 0.1) is 6.04 Å². The fourth-order valence-corrected chi connectivity index (χ4v) is 3.38. The first-order valence-electron chi connectivity index (χ1n) is 8.39. The molecule has 1 saturated heterocycles. The molecule has 2 aromatic rings. The van der Waals surface area contributed by atoms with Crippen molar-refractivity contribution in [3.63, 3.8) is 0 Å². The van der Waals surface area contributed by atoms with Gasteiger partial charge >= 0.3 is 5.82 Å². The lowest BCUT2D eigenvalue weighted by Crippen LogP contribution is -2.48. The zero-order valence-electron chi connectivity index (χ0n) is 14.4. The Bertz CT molecular complexity index is 822. The number of carbonyl (C=O) groups is 1. The van der Waals surface area contributed by atoms with E-state index in [0.717, 1.165) is 12.1 Å². The second-order valence-corrected chi connectivity index (χ2v) is 6.65. The van der Waals surface area contributed by atoms with Crippen LogP contribution in [0.25, 0.3) is 0 Å². The van der Waals surface area contributed by atoms with E-state index in [-0.39, 0.29) is 24.2 Å². The fraction of sp³-hybridized carbons (Fsp3) is 0.412. The maximum absolute atomic E-state index is 12.8. The molecule has 0 aliphatic carbocycles. The average Bonchev–Trinajstić information content (AvgIpc) is 3.01. The number of piperazine rings is 1. The summed E-state index contributed by atoms with van der Waals surface area (Å²) in [6.07, 6.45) is 1.63. The van der Waals surface area contributed by atoms with Gasteiger partial charge in [0, 0.05) is 44.5 Å². The Kier molecular flexibility index (Phi) is 5.53. The van der Waals surface area contributed by atoms with E-state index in [1.54, 1.807) is 11.5 Å². The third kappa shape index (κ3) is 4.03. The molecule has 3 rings (SSSR count).